The molecule has 3 rings (SSSR count). The maximum absolute atomic E-state index is 9.14. The number of para-hydroxylation sites is 1. The van der Waals surface area contributed by atoms with Gasteiger partial charge < -0.3 is 19.3 Å². The quantitative estimate of drug-likeness (QED) is 0.680. The van der Waals surface area contributed by atoms with Gasteiger partial charge in [0.05, 0.1) is 13.7 Å². The van der Waals surface area contributed by atoms with Crippen molar-refractivity contribution in [3.8, 4) is 17.1 Å². The molecule has 1 heterocycles. The number of nitrogens with zero attached hydrogens (tertiary/aromatic N) is 3. The van der Waals surface area contributed by atoms with Crippen molar-refractivity contribution in [1.82, 2.24) is 10.1 Å². The lowest BCUT2D eigenvalue weighted by Crippen LogP contribution is -2.24. The Morgan fingerprint density at radius 3 is 2.52 bits per heavy atom. The van der Waals surface area contributed by atoms with Gasteiger partial charge in [-0.15, -0.1) is 0 Å². The lowest BCUT2D eigenvalue weighted by atomic mass is 10.2. The van der Waals surface area contributed by atoms with E-state index in [2.05, 4.69) is 15.0 Å². The van der Waals surface area contributed by atoms with Crippen molar-refractivity contribution in [3.63, 3.8) is 0 Å². The average Bonchev–Trinajstić information content (AvgIpc) is 3.14. The standard InChI is InChI=1S/C19H21N3O3/c1-24-17-10-8-15(9-11-17)19-20-18(25-21-19)14-22(12-5-13-23)16-6-3-2-4-7-16/h2-4,6-11,23H,5,12-14H2,1H3. The minimum absolute atomic E-state index is 0.143. The molecule has 1 aromatic heterocycles. The van der Waals surface area contributed by atoms with E-state index in [4.69, 9.17) is 14.4 Å². The van der Waals surface area contributed by atoms with Gasteiger partial charge in [-0.3, -0.25) is 0 Å². The Labute approximate surface area is 146 Å². The molecule has 0 spiro atoms. The number of hydrogen-bond donors (Lipinski definition) is 1. The molecule has 25 heavy (non-hydrogen) atoms. The number of methoxy groups -OCH3 is 1. The summed E-state index contributed by atoms with van der Waals surface area (Å²) in [5, 5.41) is 13.2. The highest BCUT2D eigenvalue weighted by atomic mass is 16.5. The minimum Gasteiger partial charge on any atom is -0.497 e. The number of anilines is 1. The van der Waals surface area contributed by atoms with Crippen LogP contribution in [0.4, 0.5) is 5.69 Å². The zero-order valence-corrected chi connectivity index (χ0v) is 14.1. The summed E-state index contributed by atoms with van der Waals surface area (Å²) >= 11 is 0. The van der Waals surface area contributed by atoms with E-state index in [0.717, 1.165) is 17.0 Å². The van der Waals surface area contributed by atoms with Gasteiger partial charge in [0.2, 0.25) is 11.7 Å². The molecule has 0 aliphatic heterocycles. The summed E-state index contributed by atoms with van der Waals surface area (Å²) in [6.07, 6.45) is 0.675. The van der Waals surface area contributed by atoms with Gasteiger partial charge in [-0.05, 0) is 42.8 Å². The van der Waals surface area contributed by atoms with E-state index in [1.165, 1.54) is 0 Å². The summed E-state index contributed by atoms with van der Waals surface area (Å²) in [7, 11) is 1.63. The fourth-order valence-electron chi connectivity index (χ4n) is 2.54. The van der Waals surface area contributed by atoms with Crippen molar-refractivity contribution in [2.75, 3.05) is 25.2 Å². The van der Waals surface area contributed by atoms with E-state index < -0.39 is 0 Å². The van der Waals surface area contributed by atoms with E-state index in [1.807, 2.05) is 54.6 Å². The van der Waals surface area contributed by atoms with Crippen LogP contribution in [0, 0.1) is 0 Å². The lowest BCUT2D eigenvalue weighted by Gasteiger charge is -2.22. The average molecular weight is 339 g/mol. The van der Waals surface area contributed by atoms with E-state index in [9.17, 15) is 0 Å². The highest BCUT2D eigenvalue weighted by Crippen LogP contribution is 2.21. The van der Waals surface area contributed by atoms with Crippen LogP contribution in [0.2, 0.25) is 0 Å². The monoisotopic (exact) mass is 339 g/mol. The third-order valence-electron chi connectivity index (χ3n) is 3.85. The fourth-order valence-corrected chi connectivity index (χ4v) is 2.54. The van der Waals surface area contributed by atoms with Gasteiger partial charge in [-0.25, -0.2) is 0 Å². The summed E-state index contributed by atoms with van der Waals surface area (Å²) in [5.74, 6) is 1.87. The molecule has 0 aliphatic rings. The summed E-state index contributed by atoms with van der Waals surface area (Å²) in [5.41, 5.74) is 1.93. The van der Waals surface area contributed by atoms with Crippen LogP contribution in [0.15, 0.2) is 59.1 Å². The van der Waals surface area contributed by atoms with E-state index in [0.29, 0.717) is 31.2 Å². The lowest BCUT2D eigenvalue weighted by molar-refractivity contribution is 0.288. The number of aromatic nitrogens is 2. The zero-order valence-electron chi connectivity index (χ0n) is 14.1. The van der Waals surface area contributed by atoms with Gasteiger partial charge in [0.1, 0.15) is 5.75 Å². The second kappa shape index (κ2) is 8.30. The first kappa shape index (κ1) is 17.0. The molecule has 6 nitrogen and oxygen atoms in total. The fraction of sp³-hybridized carbons (Fsp3) is 0.263. The highest BCUT2D eigenvalue weighted by molar-refractivity contribution is 5.55. The molecule has 0 aliphatic carbocycles. The van der Waals surface area contributed by atoms with Crippen molar-refractivity contribution in [2.45, 2.75) is 13.0 Å². The zero-order chi connectivity index (χ0) is 17.5. The van der Waals surface area contributed by atoms with Crippen molar-refractivity contribution in [1.29, 1.82) is 0 Å². The topological polar surface area (TPSA) is 71.6 Å². The molecule has 0 amide bonds. The predicted molar refractivity (Wildman–Crippen MR) is 95.5 cm³/mol. The molecule has 0 atom stereocenters. The van der Waals surface area contributed by atoms with Crippen molar-refractivity contribution in [2.24, 2.45) is 0 Å². The SMILES string of the molecule is COc1ccc(-c2noc(CN(CCCO)c3ccccc3)n2)cc1. The van der Waals surface area contributed by atoms with Crippen LogP contribution < -0.4 is 9.64 Å². The molecule has 3 aromatic rings. The third-order valence-corrected chi connectivity index (χ3v) is 3.85. The van der Waals surface area contributed by atoms with Gasteiger partial charge in [-0.2, -0.15) is 4.98 Å². The smallest absolute Gasteiger partial charge is 0.246 e. The molecule has 6 heteroatoms. The maximum Gasteiger partial charge on any atom is 0.246 e. The van der Waals surface area contributed by atoms with Crippen LogP contribution in [0.3, 0.4) is 0 Å². The third kappa shape index (κ3) is 4.36. The molecule has 0 unspecified atom stereocenters. The van der Waals surface area contributed by atoms with E-state index >= 15 is 0 Å². The van der Waals surface area contributed by atoms with Crippen LogP contribution in [0.5, 0.6) is 5.75 Å². The van der Waals surface area contributed by atoms with Crippen molar-refractivity contribution < 1.29 is 14.4 Å². The van der Waals surface area contributed by atoms with Crippen molar-refractivity contribution in [3.05, 3.63) is 60.5 Å². The summed E-state index contributed by atoms with van der Waals surface area (Å²) < 4.78 is 10.6. The first-order valence-corrected chi connectivity index (χ1v) is 8.18. The molecule has 0 bridgehead atoms. The Balaban J connectivity index is 1.75. The van der Waals surface area contributed by atoms with Crippen LogP contribution in [0.1, 0.15) is 12.3 Å². The molecular weight excluding hydrogens is 318 g/mol. The largest absolute Gasteiger partial charge is 0.497 e. The molecule has 0 saturated carbocycles. The van der Waals surface area contributed by atoms with Gasteiger partial charge in [0.25, 0.3) is 0 Å². The number of hydrogen-bond acceptors (Lipinski definition) is 6. The normalized spacial score (nSPS) is 10.6. The molecule has 130 valence electrons. The van der Waals surface area contributed by atoms with Gasteiger partial charge in [0.15, 0.2) is 0 Å². The molecule has 0 radical (unpaired) electrons. The molecule has 0 saturated heterocycles. The number of aliphatic hydroxyl groups excluding tert-OH is 1. The number of aliphatic hydroxyl groups is 1. The molecule has 2 aromatic carbocycles. The maximum atomic E-state index is 9.14. The Hall–Kier alpha value is -2.86. The van der Waals surface area contributed by atoms with Crippen LogP contribution >= 0.6 is 0 Å². The molecular formula is C19H21N3O3. The second-order valence-corrected chi connectivity index (χ2v) is 5.57. The van der Waals surface area contributed by atoms with Crippen LogP contribution in [-0.4, -0.2) is 35.5 Å². The Morgan fingerprint density at radius 1 is 1.08 bits per heavy atom. The van der Waals surface area contributed by atoms with E-state index in [1.54, 1.807) is 7.11 Å². The first-order valence-electron chi connectivity index (χ1n) is 8.18. The predicted octanol–water partition coefficient (Wildman–Crippen LogP) is 3.13. The highest BCUT2D eigenvalue weighted by Gasteiger charge is 2.13. The molecule has 1 N–H and O–H groups in total. The minimum atomic E-state index is 0.143. The van der Waals surface area contributed by atoms with Crippen molar-refractivity contribution >= 4 is 5.69 Å². The Morgan fingerprint density at radius 2 is 1.84 bits per heavy atom. The van der Waals surface area contributed by atoms with Crippen LogP contribution in [-0.2, 0) is 6.54 Å². The van der Waals surface area contributed by atoms with Gasteiger partial charge >= 0.3 is 0 Å². The number of benzene rings is 2. The van der Waals surface area contributed by atoms with Gasteiger partial charge in [0, 0.05) is 24.4 Å². The first-order chi connectivity index (χ1) is 12.3. The Bertz CT molecular complexity index is 772. The summed E-state index contributed by atoms with van der Waals surface area (Å²) in [6, 6.07) is 17.5. The van der Waals surface area contributed by atoms with Crippen LogP contribution in [0.25, 0.3) is 11.4 Å². The number of rotatable bonds is 8. The van der Waals surface area contributed by atoms with Gasteiger partial charge in [-0.1, -0.05) is 23.4 Å². The van der Waals surface area contributed by atoms with E-state index in [-0.39, 0.29) is 6.61 Å². The summed E-state index contributed by atoms with van der Waals surface area (Å²) in [6.45, 7) is 1.35. The summed E-state index contributed by atoms with van der Waals surface area (Å²) in [4.78, 5) is 6.60. The number of ether oxygens (including phenoxy) is 1. The Kier molecular flexibility index (Phi) is 5.64. The molecule has 0 fully saturated rings. The second-order valence-electron chi connectivity index (χ2n) is 5.57.